The van der Waals surface area contributed by atoms with E-state index in [0.717, 1.165) is 12.2 Å². The maximum absolute atomic E-state index is 4.65. The summed E-state index contributed by atoms with van der Waals surface area (Å²) in [4.78, 5) is 10.2. The highest BCUT2D eigenvalue weighted by atomic mass is 32.1. The largest absolute Gasteiger partial charge is 0.286 e. The van der Waals surface area contributed by atoms with Crippen LogP contribution in [0.25, 0.3) is 5.82 Å². The van der Waals surface area contributed by atoms with Crippen LogP contribution < -0.4 is 0 Å². The zero-order valence-corrected chi connectivity index (χ0v) is 9.01. The lowest BCUT2D eigenvalue weighted by Gasteiger charge is -1.98. The van der Waals surface area contributed by atoms with Gasteiger partial charge in [-0.15, -0.1) is 11.3 Å². The molecule has 0 spiro atoms. The minimum absolute atomic E-state index is 0.526. The van der Waals surface area contributed by atoms with Gasteiger partial charge in [0.25, 0.3) is 0 Å². The van der Waals surface area contributed by atoms with E-state index in [9.17, 15) is 0 Å². The minimum Gasteiger partial charge on any atom is -0.286 e. The molecule has 3 heterocycles. The van der Waals surface area contributed by atoms with Crippen LogP contribution in [0.5, 0.6) is 0 Å². The summed E-state index contributed by atoms with van der Waals surface area (Å²) >= 11 is 1.83. The van der Waals surface area contributed by atoms with Crippen molar-refractivity contribution in [3.63, 3.8) is 0 Å². The van der Waals surface area contributed by atoms with Gasteiger partial charge in [-0.2, -0.15) is 0 Å². The van der Waals surface area contributed by atoms with Gasteiger partial charge in [0.05, 0.1) is 9.88 Å². The second-order valence-electron chi connectivity index (χ2n) is 3.89. The van der Waals surface area contributed by atoms with Gasteiger partial charge in [0.1, 0.15) is 6.33 Å². The summed E-state index contributed by atoms with van der Waals surface area (Å²) in [6, 6.07) is 0. The summed E-state index contributed by atoms with van der Waals surface area (Å²) in [6.45, 7) is 4.37. The molecule has 0 saturated carbocycles. The molecule has 2 aromatic rings. The molecule has 72 valence electrons. The smallest absolute Gasteiger partial charge is 0.153 e. The van der Waals surface area contributed by atoms with Gasteiger partial charge in [-0.25, -0.2) is 9.97 Å². The van der Waals surface area contributed by atoms with Crippen molar-refractivity contribution in [3.05, 3.63) is 28.1 Å². The highest BCUT2D eigenvalue weighted by Gasteiger charge is 2.23. The lowest BCUT2D eigenvalue weighted by molar-refractivity contribution is 0.841. The second kappa shape index (κ2) is 2.67. The first-order chi connectivity index (χ1) is 6.75. The first-order valence-corrected chi connectivity index (χ1v) is 5.58. The maximum Gasteiger partial charge on any atom is 0.153 e. The molecule has 0 fully saturated rings. The summed E-state index contributed by atoms with van der Waals surface area (Å²) in [5.41, 5.74) is 1.26. The molecule has 0 bridgehead atoms. The fourth-order valence-corrected chi connectivity index (χ4v) is 2.80. The predicted octanol–water partition coefficient (Wildman–Crippen LogP) is 2.36. The van der Waals surface area contributed by atoms with E-state index in [0.29, 0.717) is 5.92 Å². The number of aromatic nitrogens is 3. The van der Waals surface area contributed by atoms with E-state index in [1.54, 1.807) is 0 Å². The molecule has 1 aliphatic heterocycles. The number of thiazole rings is 1. The number of fused-ring (bicyclic) bond motifs is 3. The Morgan fingerprint density at radius 1 is 1.50 bits per heavy atom. The van der Waals surface area contributed by atoms with Crippen molar-refractivity contribution >= 4 is 11.3 Å². The molecule has 0 amide bonds. The minimum atomic E-state index is 0.526. The lowest BCUT2D eigenvalue weighted by Crippen LogP contribution is -1.93. The predicted molar refractivity (Wildman–Crippen MR) is 56.1 cm³/mol. The van der Waals surface area contributed by atoms with E-state index in [2.05, 4.69) is 28.4 Å². The van der Waals surface area contributed by atoms with Crippen LogP contribution in [0.15, 0.2) is 12.5 Å². The van der Waals surface area contributed by atoms with Crippen molar-refractivity contribution < 1.29 is 0 Å². The summed E-state index contributed by atoms with van der Waals surface area (Å²) in [5.74, 6) is 1.63. The molecule has 0 saturated heterocycles. The number of hydrogen-bond donors (Lipinski definition) is 0. The Morgan fingerprint density at radius 2 is 2.36 bits per heavy atom. The van der Waals surface area contributed by atoms with E-state index < -0.39 is 0 Å². The molecule has 0 radical (unpaired) electrons. The van der Waals surface area contributed by atoms with Crippen LogP contribution in [0.1, 0.15) is 35.3 Å². The third-order valence-electron chi connectivity index (χ3n) is 2.47. The molecule has 3 nitrogen and oxygen atoms in total. The molecule has 0 N–H and O–H groups in total. The van der Waals surface area contributed by atoms with Crippen molar-refractivity contribution in [2.45, 2.75) is 26.2 Å². The van der Waals surface area contributed by atoms with Crippen molar-refractivity contribution in [2.75, 3.05) is 0 Å². The number of rotatable bonds is 1. The fourth-order valence-electron chi connectivity index (χ4n) is 1.72. The Kier molecular flexibility index (Phi) is 1.56. The summed E-state index contributed by atoms with van der Waals surface area (Å²) in [5, 5.41) is 1.23. The molecule has 0 unspecified atom stereocenters. The van der Waals surface area contributed by atoms with Gasteiger partial charge in [-0.3, -0.25) is 4.57 Å². The van der Waals surface area contributed by atoms with Gasteiger partial charge >= 0.3 is 0 Å². The average Bonchev–Trinajstić information content (AvgIpc) is 2.70. The quantitative estimate of drug-likeness (QED) is 0.610. The number of hydrogen-bond acceptors (Lipinski definition) is 3. The van der Waals surface area contributed by atoms with Crippen molar-refractivity contribution in [2.24, 2.45) is 0 Å². The topological polar surface area (TPSA) is 30.7 Å². The standard InChI is InChI=1S/C10H11N3S/c1-6(2)10-12-9-8(14-10)3-7-4-11-5-13(7)9/h4-6H,3H2,1-2H3. The molecule has 0 aliphatic carbocycles. The zero-order chi connectivity index (χ0) is 9.71. The molecular weight excluding hydrogens is 194 g/mol. The van der Waals surface area contributed by atoms with Gasteiger partial charge in [0, 0.05) is 24.2 Å². The molecule has 0 atom stereocenters. The van der Waals surface area contributed by atoms with Gasteiger partial charge in [0.2, 0.25) is 0 Å². The van der Waals surface area contributed by atoms with Gasteiger partial charge < -0.3 is 0 Å². The van der Waals surface area contributed by atoms with E-state index >= 15 is 0 Å². The first-order valence-electron chi connectivity index (χ1n) is 4.77. The van der Waals surface area contributed by atoms with Crippen LogP contribution >= 0.6 is 11.3 Å². The Labute approximate surface area is 86.4 Å². The monoisotopic (exact) mass is 205 g/mol. The Hall–Kier alpha value is -1.16. The average molecular weight is 205 g/mol. The van der Waals surface area contributed by atoms with Crippen molar-refractivity contribution in [3.8, 4) is 5.82 Å². The first kappa shape index (κ1) is 8.17. The summed E-state index contributed by atoms with van der Waals surface area (Å²) < 4.78 is 2.09. The number of imidazole rings is 1. The van der Waals surface area contributed by atoms with Gasteiger partial charge in [-0.05, 0) is 0 Å². The van der Waals surface area contributed by atoms with Crippen LogP contribution in [0.3, 0.4) is 0 Å². The zero-order valence-electron chi connectivity index (χ0n) is 8.19. The third kappa shape index (κ3) is 0.973. The Bertz CT molecular complexity index is 481. The molecule has 2 aromatic heterocycles. The van der Waals surface area contributed by atoms with E-state index in [-0.39, 0.29) is 0 Å². The van der Waals surface area contributed by atoms with E-state index in [4.69, 9.17) is 0 Å². The highest BCUT2D eigenvalue weighted by Crippen LogP contribution is 2.34. The van der Waals surface area contributed by atoms with E-state index in [1.807, 2.05) is 23.9 Å². The molecule has 0 aromatic carbocycles. The van der Waals surface area contributed by atoms with Crippen LogP contribution in [0, 0.1) is 0 Å². The summed E-state index contributed by atoms with van der Waals surface area (Å²) in [7, 11) is 0. The summed E-state index contributed by atoms with van der Waals surface area (Å²) in [6.07, 6.45) is 4.77. The molecule has 4 heteroatoms. The highest BCUT2D eigenvalue weighted by molar-refractivity contribution is 7.12. The maximum atomic E-state index is 4.65. The molecule has 14 heavy (non-hydrogen) atoms. The van der Waals surface area contributed by atoms with Gasteiger partial charge in [-0.1, -0.05) is 13.8 Å². The van der Waals surface area contributed by atoms with E-state index in [1.165, 1.54) is 15.6 Å². The van der Waals surface area contributed by atoms with Gasteiger partial charge in [0.15, 0.2) is 5.82 Å². The lowest BCUT2D eigenvalue weighted by atomic mass is 10.2. The molecule has 3 rings (SSSR count). The third-order valence-corrected chi connectivity index (χ3v) is 3.82. The second-order valence-corrected chi connectivity index (χ2v) is 5.00. The Balaban J connectivity index is 2.15. The van der Waals surface area contributed by atoms with Crippen molar-refractivity contribution in [1.82, 2.24) is 14.5 Å². The van der Waals surface area contributed by atoms with Crippen LogP contribution in [-0.4, -0.2) is 14.5 Å². The normalized spacial score (nSPS) is 13.4. The van der Waals surface area contributed by atoms with Crippen LogP contribution in [0.4, 0.5) is 0 Å². The van der Waals surface area contributed by atoms with Crippen LogP contribution in [-0.2, 0) is 6.42 Å². The molecular formula is C10H11N3S. The molecule has 1 aliphatic rings. The SMILES string of the molecule is CC(C)c1nc2c(s1)Cc1cncn1-2. The van der Waals surface area contributed by atoms with Crippen LogP contribution in [0.2, 0.25) is 0 Å². The van der Waals surface area contributed by atoms with Crippen molar-refractivity contribution in [1.29, 1.82) is 0 Å². The Morgan fingerprint density at radius 3 is 3.14 bits per heavy atom. The fraction of sp³-hybridized carbons (Fsp3) is 0.400. The number of nitrogens with zero attached hydrogens (tertiary/aromatic N) is 3.